The van der Waals surface area contributed by atoms with Crippen molar-refractivity contribution in [3.8, 4) is 0 Å². The van der Waals surface area contributed by atoms with E-state index in [9.17, 15) is 18.0 Å². The van der Waals surface area contributed by atoms with Crippen molar-refractivity contribution >= 4 is 27.5 Å². The van der Waals surface area contributed by atoms with Crippen molar-refractivity contribution in [3.63, 3.8) is 0 Å². The summed E-state index contributed by atoms with van der Waals surface area (Å²) in [5, 5.41) is 2.89. The first kappa shape index (κ1) is 31.5. The molecule has 0 fully saturated rings. The second-order valence-corrected chi connectivity index (χ2v) is 12.3. The Labute approximate surface area is 255 Å². The van der Waals surface area contributed by atoms with Crippen molar-refractivity contribution in [2.45, 2.75) is 51.1 Å². The van der Waals surface area contributed by atoms with E-state index in [1.807, 2.05) is 87.5 Å². The first-order valence-corrected chi connectivity index (χ1v) is 16.0. The normalized spacial score (nSPS) is 11.9. The Bertz CT molecular complexity index is 1590. The lowest BCUT2D eigenvalue weighted by Gasteiger charge is -2.34. The molecule has 0 aliphatic carbocycles. The van der Waals surface area contributed by atoms with Gasteiger partial charge in [0.15, 0.2) is 0 Å². The molecule has 0 aliphatic heterocycles. The van der Waals surface area contributed by atoms with Crippen LogP contribution >= 0.6 is 0 Å². The van der Waals surface area contributed by atoms with E-state index in [4.69, 9.17) is 0 Å². The summed E-state index contributed by atoms with van der Waals surface area (Å²) in [4.78, 5) is 29.5. The number of nitrogens with one attached hydrogen (secondary N) is 1. The van der Waals surface area contributed by atoms with E-state index >= 15 is 0 Å². The van der Waals surface area contributed by atoms with Gasteiger partial charge < -0.3 is 10.2 Å². The molecule has 8 heteroatoms. The Morgan fingerprint density at radius 3 is 1.91 bits per heavy atom. The molecule has 0 saturated heterocycles. The molecule has 7 nitrogen and oxygen atoms in total. The number of likely N-dealkylation sites (N-methyl/N-ethyl adjacent to an activating group) is 1. The summed E-state index contributed by atoms with van der Waals surface area (Å²) in [6.45, 7) is 5.90. The molecule has 43 heavy (non-hydrogen) atoms. The van der Waals surface area contributed by atoms with Gasteiger partial charge in [-0.2, -0.15) is 0 Å². The Kier molecular flexibility index (Phi) is 10.7. The van der Waals surface area contributed by atoms with Crippen LogP contribution < -0.4 is 9.62 Å². The van der Waals surface area contributed by atoms with Crippen LogP contribution in [0.25, 0.3) is 0 Å². The molecule has 1 N–H and O–H groups in total. The predicted octanol–water partition coefficient (Wildman–Crippen LogP) is 5.53. The number of anilines is 1. The van der Waals surface area contributed by atoms with E-state index in [1.54, 1.807) is 30.3 Å². The Balaban J connectivity index is 1.78. The van der Waals surface area contributed by atoms with Crippen LogP contribution in [-0.2, 0) is 39.0 Å². The van der Waals surface area contributed by atoms with Gasteiger partial charge in [0, 0.05) is 19.5 Å². The standard InChI is InChI=1S/C35H39N3O4S/c1-4-28-20-22-31(23-21-28)38(43(41,42)32-14-10-7-11-15-32)26-34(39)37(25-30-18-16-27(3)17-19-30)33(35(40)36-5-2)24-29-12-8-6-9-13-29/h6-23,33H,4-5,24-26H2,1-3H3,(H,36,40). The number of sulfonamides is 1. The van der Waals surface area contributed by atoms with Gasteiger partial charge in [-0.1, -0.05) is 97.4 Å². The fraction of sp³-hybridized carbons (Fsp3) is 0.257. The summed E-state index contributed by atoms with van der Waals surface area (Å²) >= 11 is 0. The van der Waals surface area contributed by atoms with Crippen molar-refractivity contribution in [1.29, 1.82) is 0 Å². The predicted molar refractivity (Wildman–Crippen MR) is 171 cm³/mol. The average Bonchev–Trinajstić information content (AvgIpc) is 3.03. The molecule has 4 rings (SSSR count). The molecule has 4 aromatic rings. The van der Waals surface area contributed by atoms with Gasteiger partial charge in [0.2, 0.25) is 11.8 Å². The molecule has 0 heterocycles. The van der Waals surface area contributed by atoms with Gasteiger partial charge in [0.25, 0.3) is 10.0 Å². The average molecular weight is 598 g/mol. The van der Waals surface area contributed by atoms with Gasteiger partial charge in [-0.15, -0.1) is 0 Å². The van der Waals surface area contributed by atoms with E-state index < -0.39 is 28.5 Å². The highest BCUT2D eigenvalue weighted by Gasteiger charge is 2.34. The summed E-state index contributed by atoms with van der Waals surface area (Å²) in [5.74, 6) is -0.775. The van der Waals surface area contributed by atoms with Crippen LogP contribution in [0.4, 0.5) is 5.69 Å². The molecule has 0 saturated carbocycles. The first-order chi connectivity index (χ1) is 20.7. The lowest BCUT2D eigenvalue weighted by atomic mass is 10.0. The van der Waals surface area contributed by atoms with E-state index in [1.165, 1.54) is 17.0 Å². The molecular formula is C35H39N3O4S. The third-order valence-corrected chi connectivity index (χ3v) is 9.13. The summed E-state index contributed by atoms with van der Waals surface area (Å²) in [7, 11) is -4.11. The molecule has 0 bridgehead atoms. The van der Waals surface area contributed by atoms with Crippen molar-refractivity contribution < 1.29 is 18.0 Å². The number of hydrogen-bond acceptors (Lipinski definition) is 4. The summed E-state index contributed by atoms with van der Waals surface area (Å²) < 4.78 is 29.2. The lowest BCUT2D eigenvalue weighted by Crippen LogP contribution is -2.53. The molecule has 2 amide bonds. The molecule has 0 aromatic heterocycles. The Morgan fingerprint density at radius 2 is 1.33 bits per heavy atom. The number of carbonyl (C=O) groups excluding carboxylic acids is 2. The smallest absolute Gasteiger partial charge is 0.264 e. The maximum atomic E-state index is 14.4. The van der Waals surface area contributed by atoms with E-state index in [0.29, 0.717) is 12.2 Å². The second kappa shape index (κ2) is 14.6. The third-order valence-electron chi connectivity index (χ3n) is 7.34. The van der Waals surface area contributed by atoms with Gasteiger partial charge in [0.1, 0.15) is 12.6 Å². The molecule has 224 valence electrons. The quantitative estimate of drug-likeness (QED) is 0.220. The zero-order valence-electron chi connectivity index (χ0n) is 24.9. The van der Waals surface area contributed by atoms with Gasteiger partial charge in [-0.3, -0.25) is 13.9 Å². The number of rotatable bonds is 13. The number of amides is 2. The van der Waals surface area contributed by atoms with Crippen molar-refractivity contribution in [2.75, 3.05) is 17.4 Å². The number of nitrogens with zero attached hydrogens (tertiary/aromatic N) is 2. The van der Waals surface area contributed by atoms with E-state index in [2.05, 4.69) is 5.32 Å². The maximum Gasteiger partial charge on any atom is 0.264 e. The molecule has 0 spiro atoms. The zero-order valence-corrected chi connectivity index (χ0v) is 25.8. The van der Waals surface area contributed by atoms with Crippen LogP contribution in [0.1, 0.15) is 36.1 Å². The van der Waals surface area contributed by atoms with Crippen LogP contribution in [0.15, 0.2) is 114 Å². The molecule has 0 aliphatic rings. The highest BCUT2D eigenvalue weighted by Crippen LogP contribution is 2.25. The summed E-state index contributed by atoms with van der Waals surface area (Å²) in [5.41, 5.74) is 4.23. The van der Waals surface area contributed by atoms with Gasteiger partial charge in [0.05, 0.1) is 10.6 Å². The van der Waals surface area contributed by atoms with Crippen LogP contribution in [0.3, 0.4) is 0 Å². The van der Waals surface area contributed by atoms with Crippen LogP contribution in [0, 0.1) is 6.92 Å². The third kappa shape index (κ3) is 8.11. The first-order valence-electron chi connectivity index (χ1n) is 14.6. The maximum absolute atomic E-state index is 14.4. The lowest BCUT2D eigenvalue weighted by molar-refractivity contribution is -0.140. The SMILES string of the molecule is CCNC(=O)C(Cc1ccccc1)N(Cc1ccc(C)cc1)C(=O)CN(c1ccc(CC)cc1)S(=O)(=O)c1ccccc1. The van der Waals surface area contributed by atoms with Crippen LogP contribution in [0.5, 0.6) is 0 Å². The van der Waals surface area contributed by atoms with E-state index in [-0.39, 0.29) is 23.8 Å². The zero-order chi connectivity index (χ0) is 30.8. The minimum absolute atomic E-state index is 0.0806. The topological polar surface area (TPSA) is 86.8 Å². The Hall–Kier alpha value is -4.43. The van der Waals surface area contributed by atoms with Crippen LogP contribution in [-0.4, -0.2) is 44.3 Å². The molecule has 1 unspecified atom stereocenters. The summed E-state index contributed by atoms with van der Waals surface area (Å²) in [6, 6.07) is 31.7. The molecule has 0 radical (unpaired) electrons. The number of benzene rings is 4. The molecule has 4 aromatic carbocycles. The second-order valence-electron chi connectivity index (χ2n) is 10.5. The fourth-order valence-electron chi connectivity index (χ4n) is 4.88. The highest BCUT2D eigenvalue weighted by molar-refractivity contribution is 7.92. The van der Waals surface area contributed by atoms with Gasteiger partial charge in [-0.25, -0.2) is 8.42 Å². The van der Waals surface area contributed by atoms with Gasteiger partial charge in [-0.05, 0) is 61.2 Å². The van der Waals surface area contributed by atoms with Gasteiger partial charge >= 0.3 is 0 Å². The number of carbonyl (C=O) groups is 2. The molecule has 1 atom stereocenters. The van der Waals surface area contributed by atoms with Crippen LogP contribution in [0.2, 0.25) is 0 Å². The van der Waals surface area contributed by atoms with Crippen molar-refractivity contribution in [1.82, 2.24) is 10.2 Å². The van der Waals surface area contributed by atoms with Crippen molar-refractivity contribution in [3.05, 3.63) is 131 Å². The van der Waals surface area contributed by atoms with E-state index in [0.717, 1.165) is 33.0 Å². The van der Waals surface area contributed by atoms with Crippen molar-refractivity contribution in [2.24, 2.45) is 0 Å². The monoisotopic (exact) mass is 597 g/mol. The summed E-state index contributed by atoms with van der Waals surface area (Å²) in [6.07, 6.45) is 1.07. The fourth-order valence-corrected chi connectivity index (χ4v) is 6.32. The minimum Gasteiger partial charge on any atom is -0.355 e. The molecular weight excluding hydrogens is 558 g/mol. The minimum atomic E-state index is -4.11. The number of hydrogen-bond donors (Lipinski definition) is 1. The Morgan fingerprint density at radius 1 is 0.744 bits per heavy atom. The highest BCUT2D eigenvalue weighted by atomic mass is 32.2. The number of aryl methyl sites for hydroxylation is 2. The largest absolute Gasteiger partial charge is 0.355 e.